The molecule has 1 unspecified atom stereocenters. The van der Waals surface area contributed by atoms with E-state index in [9.17, 15) is 57.5 Å². The van der Waals surface area contributed by atoms with Crippen LogP contribution in [0.3, 0.4) is 0 Å². The molecule has 0 saturated carbocycles. The molecule has 0 aliphatic heterocycles. The van der Waals surface area contributed by atoms with Gasteiger partial charge in [0, 0.05) is 0 Å². The second-order valence-corrected chi connectivity index (χ2v) is 3.72. The molecule has 0 spiro atoms. The van der Waals surface area contributed by atoms with Crippen LogP contribution in [0.5, 0.6) is 0 Å². The molecule has 22 heavy (non-hydrogen) atoms. The summed E-state index contributed by atoms with van der Waals surface area (Å²) < 4.78 is 148. The summed E-state index contributed by atoms with van der Waals surface area (Å²) in [5.74, 6) is -41.8. The van der Waals surface area contributed by atoms with Crippen LogP contribution in [0.15, 0.2) is 0 Å². The van der Waals surface area contributed by atoms with Gasteiger partial charge >= 0.3 is 41.7 Å². The third-order valence-electron chi connectivity index (χ3n) is 2.24. The molecular weight excluding hydrogens is 360 g/mol. The molecule has 0 aliphatic rings. The molecule has 132 valence electrons. The molecule has 0 rings (SSSR count). The van der Waals surface area contributed by atoms with Gasteiger partial charge in [0.05, 0.1) is 0 Å². The highest BCUT2D eigenvalue weighted by molar-refractivity contribution is 5.76. The molecule has 0 aromatic heterocycles. The van der Waals surface area contributed by atoms with E-state index >= 15 is 0 Å². The number of halogens is 12. The molecule has 0 radical (unpaired) electrons. The molecular formula is C7H2F12O3. The largest absolute Gasteiger partial charge is 0.477 e. The fraction of sp³-hybridized carbons (Fsp3) is 0.857. The minimum absolute atomic E-state index is 3.93. The van der Waals surface area contributed by atoms with Crippen LogP contribution in [-0.2, 0) is 4.79 Å². The molecule has 0 saturated heterocycles. The van der Waals surface area contributed by atoms with Crippen molar-refractivity contribution in [3.8, 4) is 0 Å². The van der Waals surface area contributed by atoms with E-state index in [1.54, 1.807) is 0 Å². The molecule has 0 amide bonds. The van der Waals surface area contributed by atoms with Crippen LogP contribution in [0.4, 0.5) is 52.7 Å². The van der Waals surface area contributed by atoms with Crippen LogP contribution < -0.4 is 0 Å². The van der Waals surface area contributed by atoms with Crippen molar-refractivity contribution >= 4 is 5.97 Å². The van der Waals surface area contributed by atoms with Crippen LogP contribution in [0.25, 0.3) is 0 Å². The number of hydrogen-bond acceptors (Lipinski definition) is 2. The number of rotatable bonds is 5. The highest BCUT2D eigenvalue weighted by Gasteiger charge is 2.91. The van der Waals surface area contributed by atoms with Gasteiger partial charge in [0.1, 0.15) is 0 Å². The summed E-state index contributed by atoms with van der Waals surface area (Å²) in [6.07, 6.45) is -7.48. The van der Waals surface area contributed by atoms with Crippen molar-refractivity contribution in [2.75, 3.05) is 0 Å². The standard InChI is InChI=1S/C7H2F12O3/c8-2(22,1(20)21)3(9,10)4(11,12)5(13,14)6(15,16)7(17,18)19/h22H,(H,20,21). The molecule has 1 atom stereocenters. The molecule has 0 aromatic carbocycles. The fourth-order valence-electron chi connectivity index (χ4n) is 0.915. The maximum Gasteiger partial charge on any atom is 0.460 e. The molecule has 0 fully saturated rings. The van der Waals surface area contributed by atoms with Gasteiger partial charge in [0.2, 0.25) is 0 Å². The van der Waals surface area contributed by atoms with Gasteiger partial charge in [-0.15, -0.1) is 0 Å². The molecule has 0 aliphatic carbocycles. The molecule has 0 aromatic rings. The number of alkyl halides is 12. The summed E-state index contributed by atoms with van der Waals surface area (Å²) in [5, 5.41) is 15.6. The smallest absolute Gasteiger partial charge is 0.460 e. The van der Waals surface area contributed by atoms with E-state index in [1.165, 1.54) is 0 Å². The maximum atomic E-state index is 12.7. The van der Waals surface area contributed by atoms with Gasteiger partial charge in [0.15, 0.2) is 0 Å². The Kier molecular flexibility index (Phi) is 4.48. The van der Waals surface area contributed by atoms with Crippen molar-refractivity contribution in [2.45, 2.75) is 35.7 Å². The van der Waals surface area contributed by atoms with E-state index in [1.807, 2.05) is 0 Å². The summed E-state index contributed by atoms with van der Waals surface area (Å²) in [7, 11) is 0. The van der Waals surface area contributed by atoms with E-state index < -0.39 is 41.7 Å². The number of aliphatic carboxylic acids is 1. The SMILES string of the molecule is O=C(O)C(O)(F)C(F)(F)C(F)(F)C(F)(F)C(F)(F)C(F)(F)F. The average molecular weight is 362 g/mol. The summed E-state index contributed by atoms with van der Waals surface area (Å²) in [6, 6.07) is 0. The zero-order chi connectivity index (χ0) is 18.6. The lowest BCUT2D eigenvalue weighted by molar-refractivity contribution is -0.441. The predicted octanol–water partition coefficient (Wildman–Crippen LogP) is 2.83. The van der Waals surface area contributed by atoms with Crippen molar-refractivity contribution in [3.05, 3.63) is 0 Å². The van der Waals surface area contributed by atoms with Gasteiger partial charge < -0.3 is 10.2 Å². The van der Waals surface area contributed by atoms with Crippen molar-refractivity contribution in [2.24, 2.45) is 0 Å². The molecule has 15 heteroatoms. The Morgan fingerprint density at radius 3 is 1.09 bits per heavy atom. The van der Waals surface area contributed by atoms with Crippen molar-refractivity contribution in [1.82, 2.24) is 0 Å². The van der Waals surface area contributed by atoms with Crippen molar-refractivity contribution in [1.29, 1.82) is 0 Å². The highest BCUT2D eigenvalue weighted by Crippen LogP contribution is 2.59. The average Bonchev–Trinajstić information content (AvgIpc) is 2.25. The first-order chi connectivity index (χ1) is 9.19. The Bertz CT molecular complexity index is 450. The predicted molar refractivity (Wildman–Crippen MR) is 39.5 cm³/mol. The van der Waals surface area contributed by atoms with Gasteiger partial charge in [-0.1, -0.05) is 0 Å². The lowest BCUT2D eigenvalue weighted by atomic mass is 9.93. The normalized spacial score (nSPS) is 18.0. The second-order valence-electron chi connectivity index (χ2n) is 3.72. The lowest BCUT2D eigenvalue weighted by Crippen LogP contribution is -2.72. The third kappa shape index (κ3) is 2.34. The topological polar surface area (TPSA) is 57.5 Å². The monoisotopic (exact) mass is 362 g/mol. The second kappa shape index (κ2) is 4.79. The number of carboxylic acids is 1. The van der Waals surface area contributed by atoms with Gasteiger partial charge in [-0.05, 0) is 0 Å². The van der Waals surface area contributed by atoms with E-state index in [0.29, 0.717) is 0 Å². The van der Waals surface area contributed by atoms with Gasteiger partial charge in [-0.2, -0.15) is 52.7 Å². The van der Waals surface area contributed by atoms with Crippen molar-refractivity contribution in [3.63, 3.8) is 0 Å². The Balaban J connectivity index is 6.29. The van der Waals surface area contributed by atoms with Gasteiger partial charge in [0.25, 0.3) is 0 Å². The zero-order valence-corrected chi connectivity index (χ0v) is 9.34. The quantitative estimate of drug-likeness (QED) is 0.740. The minimum Gasteiger partial charge on any atom is -0.477 e. The highest BCUT2D eigenvalue weighted by atomic mass is 19.4. The Labute approximate surface area is 111 Å². The first-order valence-corrected chi connectivity index (χ1v) is 4.42. The molecule has 0 bridgehead atoms. The fourth-order valence-corrected chi connectivity index (χ4v) is 0.915. The van der Waals surface area contributed by atoms with Crippen LogP contribution in [0, 0.1) is 0 Å². The zero-order valence-electron chi connectivity index (χ0n) is 9.34. The lowest BCUT2D eigenvalue weighted by Gasteiger charge is -2.39. The summed E-state index contributed by atoms with van der Waals surface area (Å²) in [5.41, 5.74) is 0. The Morgan fingerprint density at radius 1 is 0.591 bits per heavy atom. The van der Waals surface area contributed by atoms with E-state index in [4.69, 9.17) is 10.2 Å². The van der Waals surface area contributed by atoms with Crippen molar-refractivity contribution < 1.29 is 67.7 Å². The Hall–Kier alpha value is -1.41. The summed E-state index contributed by atoms with van der Waals surface area (Å²) >= 11 is 0. The molecule has 2 N–H and O–H groups in total. The number of carbonyl (C=O) groups is 1. The van der Waals surface area contributed by atoms with Gasteiger partial charge in [-0.3, -0.25) is 0 Å². The summed E-state index contributed by atoms with van der Waals surface area (Å²) in [4.78, 5) is 9.79. The Morgan fingerprint density at radius 2 is 0.864 bits per heavy atom. The van der Waals surface area contributed by atoms with E-state index in [2.05, 4.69) is 0 Å². The van der Waals surface area contributed by atoms with Crippen LogP contribution in [0.2, 0.25) is 0 Å². The van der Waals surface area contributed by atoms with E-state index in [0.717, 1.165) is 0 Å². The first kappa shape index (κ1) is 20.6. The third-order valence-corrected chi connectivity index (χ3v) is 2.24. The van der Waals surface area contributed by atoms with E-state index in [-0.39, 0.29) is 0 Å². The van der Waals surface area contributed by atoms with Crippen LogP contribution in [-0.4, -0.2) is 51.9 Å². The first-order valence-electron chi connectivity index (χ1n) is 4.42. The number of carboxylic acid groups (broad SMARTS) is 1. The van der Waals surface area contributed by atoms with Gasteiger partial charge in [-0.25, -0.2) is 4.79 Å². The van der Waals surface area contributed by atoms with Crippen LogP contribution >= 0.6 is 0 Å². The molecule has 3 nitrogen and oxygen atoms in total. The van der Waals surface area contributed by atoms with Crippen LogP contribution in [0.1, 0.15) is 0 Å². The summed E-state index contributed by atoms with van der Waals surface area (Å²) in [6.45, 7) is 0. The molecule has 0 heterocycles. The number of aliphatic hydroxyl groups is 1. The maximum absolute atomic E-state index is 12.7. The minimum atomic E-state index is -8.00. The number of hydrogen-bond donors (Lipinski definition) is 2.